The van der Waals surface area contributed by atoms with Gasteiger partial charge in [-0.25, -0.2) is 9.78 Å². The van der Waals surface area contributed by atoms with Gasteiger partial charge in [-0.3, -0.25) is 0 Å². The predicted octanol–water partition coefficient (Wildman–Crippen LogP) is 4.79. The Morgan fingerprint density at radius 2 is 1.62 bits per heavy atom. The zero-order valence-corrected chi connectivity index (χ0v) is 16.8. The van der Waals surface area contributed by atoms with Crippen molar-refractivity contribution in [3.05, 3.63) is 77.1 Å². The van der Waals surface area contributed by atoms with Gasteiger partial charge < -0.3 is 10.0 Å². The molecule has 0 unspecified atom stereocenters. The van der Waals surface area contributed by atoms with Crippen LogP contribution in [0.15, 0.2) is 54.6 Å². The Labute approximate surface area is 169 Å². The summed E-state index contributed by atoms with van der Waals surface area (Å²) in [6.07, 6.45) is 0. The van der Waals surface area contributed by atoms with Crippen LogP contribution in [0.3, 0.4) is 0 Å². The van der Waals surface area contributed by atoms with Crippen molar-refractivity contribution < 1.29 is 9.90 Å². The van der Waals surface area contributed by atoms with Crippen molar-refractivity contribution >= 4 is 23.1 Å². The van der Waals surface area contributed by atoms with Crippen molar-refractivity contribution in [2.24, 2.45) is 0 Å². The SMILES string of the molecule is Cc1cccc(C)c1-c1c(C)nn2c(N(C)c3ccccc3)cc(C(=O)O)nc12. The van der Waals surface area contributed by atoms with Gasteiger partial charge in [0, 0.05) is 18.8 Å². The first-order chi connectivity index (χ1) is 13.9. The Balaban J connectivity index is 2.06. The van der Waals surface area contributed by atoms with Crippen molar-refractivity contribution in [3.63, 3.8) is 0 Å². The Hall–Kier alpha value is -3.67. The molecule has 0 atom stereocenters. The molecule has 0 radical (unpaired) electrons. The standard InChI is InChI=1S/C23H22N4O2/c1-14-9-8-10-15(2)20(14)21-16(3)25-27-19(13-18(23(28)29)24-22(21)27)26(4)17-11-6-5-7-12-17/h5-13H,1-4H3,(H,28,29). The highest BCUT2D eigenvalue weighted by Gasteiger charge is 2.22. The molecule has 4 rings (SSSR count). The van der Waals surface area contributed by atoms with Crippen LogP contribution in [-0.2, 0) is 0 Å². The predicted molar refractivity (Wildman–Crippen MR) is 114 cm³/mol. The second-order valence-electron chi connectivity index (χ2n) is 7.16. The van der Waals surface area contributed by atoms with Gasteiger partial charge in [0.2, 0.25) is 0 Å². The molecule has 0 aliphatic carbocycles. The van der Waals surface area contributed by atoms with Crippen LogP contribution in [0.2, 0.25) is 0 Å². The van der Waals surface area contributed by atoms with Gasteiger partial charge in [0.05, 0.1) is 11.3 Å². The second-order valence-corrected chi connectivity index (χ2v) is 7.16. The average Bonchev–Trinajstić information content (AvgIpc) is 3.03. The lowest BCUT2D eigenvalue weighted by atomic mass is 9.96. The fourth-order valence-corrected chi connectivity index (χ4v) is 3.74. The van der Waals surface area contributed by atoms with Gasteiger partial charge in [-0.2, -0.15) is 9.61 Å². The van der Waals surface area contributed by atoms with Crippen molar-refractivity contribution in [2.45, 2.75) is 20.8 Å². The molecule has 2 aromatic heterocycles. The summed E-state index contributed by atoms with van der Waals surface area (Å²) < 4.78 is 1.73. The molecule has 0 saturated carbocycles. The van der Waals surface area contributed by atoms with E-state index in [0.717, 1.165) is 33.6 Å². The molecule has 146 valence electrons. The minimum Gasteiger partial charge on any atom is -0.477 e. The van der Waals surface area contributed by atoms with E-state index in [4.69, 9.17) is 5.10 Å². The molecule has 2 aromatic carbocycles. The first-order valence-electron chi connectivity index (χ1n) is 9.37. The molecule has 29 heavy (non-hydrogen) atoms. The quantitative estimate of drug-likeness (QED) is 0.546. The van der Waals surface area contributed by atoms with Crippen LogP contribution in [0, 0.1) is 20.8 Å². The van der Waals surface area contributed by atoms with Crippen LogP contribution >= 0.6 is 0 Å². The summed E-state index contributed by atoms with van der Waals surface area (Å²) in [5.74, 6) is -0.430. The number of aromatic carboxylic acids is 1. The van der Waals surface area contributed by atoms with E-state index >= 15 is 0 Å². The van der Waals surface area contributed by atoms with Crippen molar-refractivity contribution in [1.29, 1.82) is 0 Å². The molecule has 0 aliphatic rings. The van der Waals surface area contributed by atoms with Gasteiger partial charge in [0.15, 0.2) is 11.3 Å². The highest BCUT2D eigenvalue weighted by atomic mass is 16.4. The van der Waals surface area contributed by atoms with E-state index in [0.29, 0.717) is 11.5 Å². The summed E-state index contributed by atoms with van der Waals surface area (Å²) >= 11 is 0. The minimum atomic E-state index is -1.07. The number of aryl methyl sites for hydroxylation is 3. The molecule has 6 heteroatoms. The first kappa shape index (κ1) is 18.7. The minimum absolute atomic E-state index is 0.0114. The number of hydrogen-bond acceptors (Lipinski definition) is 4. The van der Waals surface area contributed by atoms with E-state index in [1.165, 1.54) is 0 Å². The number of carboxylic acids is 1. The van der Waals surface area contributed by atoms with Crippen LogP contribution < -0.4 is 4.90 Å². The van der Waals surface area contributed by atoms with Crippen LogP contribution in [-0.4, -0.2) is 32.7 Å². The van der Waals surface area contributed by atoms with Crippen LogP contribution in [0.1, 0.15) is 27.3 Å². The van der Waals surface area contributed by atoms with Gasteiger partial charge in [-0.05, 0) is 49.6 Å². The summed E-state index contributed by atoms with van der Waals surface area (Å²) in [6.45, 7) is 6.02. The molecular formula is C23H22N4O2. The number of carboxylic acid groups (broad SMARTS) is 1. The molecule has 0 bridgehead atoms. The summed E-state index contributed by atoms with van der Waals surface area (Å²) in [6, 6.07) is 17.4. The summed E-state index contributed by atoms with van der Waals surface area (Å²) in [5, 5.41) is 14.4. The Morgan fingerprint density at radius 1 is 0.966 bits per heavy atom. The molecule has 6 nitrogen and oxygen atoms in total. The van der Waals surface area contributed by atoms with Gasteiger partial charge >= 0.3 is 5.97 Å². The molecule has 0 amide bonds. The topological polar surface area (TPSA) is 70.7 Å². The van der Waals surface area contributed by atoms with Crippen LogP contribution in [0.25, 0.3) is 16.8 Å². The third-order valence-electron chi connectivity index (χ3n) is 5.18. The molecule has 0 saturated heterocycles. The lowest BCUT2D eigenvalue weighted by molar-refractivity contribution is 0.0690. The largest absolute Gasteiger partial charge is 0.477 e. The maximum atomic E-state index is 11.8. The number of nitrogens with zero attached hydrogens (tertiary/aromatic N) is 4. The van der Waals surface area contributed by atoms with E-state index in [1.54, 1.807) is 10.6 Å². The third-order valence-corrected chi connectivity index (χ3v) is 5.18. The smallest absolute Gasteiger partial charge is 0.354 e. The van der Waals surface area contributed by atoms with Gasteiger partial charge in [0.25, 0.3) is 0 Å². The molecule has 4 aromatic rings. The van der Waals surface area contributed by atoms with Crippen LogP contribution in [0.5, 0.6) is 0 Å². The first-order valence-corrected chi connectivity index (χ1v) is 9.37. The second kappa shape index (κ2) is 7.05. The van der Waals surface area contributed by atoms with E-state index in [2.05, 4.69) is 4.98 Å². The summed E-state index contributed by atoms with van der Waals surface area (Å²) in [4.78, 5) is 18.2. The third kappa shape index (κ3) is 3.12. The number of carbonyl (C=O) groups is 1. The van der Waals surface area contributed by atoms with Crippen molar-refractivity contribution in [2.75, 3.05) is 11.9 Å². The monoisotopic (exact) mass is 386 g/mol. The summed E-state index contributed by atoms with van der Waals surface area (Å²) in [5.41, 5.74) is 6.38. The molecule has 1 N–H and O–H groups in total. The number of fused-ring (bicyclic) bond motifs is 1. The number of rotatable bonds is 4. The number of anilines is 2. The zero-order chi connectivity index (χ0) is 20.7. The fourth-order valence-electron chi connectivity index (χ4n) is 3.74. The van der Waals surface area contributed by atoms with E-state index < -0.39 is 5.97 Å². The molecular weight excluding hydrogens is 364 g/mol. The van der Waals surface area contributed by atoms with E-state index in [9.17, 15) is 9.90 Å². The fraction of sp³-hybridized carbons (Fsp3) is 0.174. The summed E-state index contributed by atoms with van der Waals surface area (Å²) in [7, 11) is 1.89. The molecule has 2 heterocycles. The Bertz CT molecular complexity index is 1210. The van der Waals surface area contributed by atoms with Crippen LogP contribution in [0.4, 0.5) is 11.5 Å². The number of para-hydroxylation sites is 1. The van der Waals surface area contributed by atoms with Crippen molar-refractivity contribution in [1.82, 2.24) is 14.6 Å². The Morgan fingerprint density at radius 3 is 2.24 bits per heavy atom. The van der Waals surface area contributed by atoms with Gasteiger partial charge in [0.1, 0.15) is 5.82 Å². The van der Waals surface area contributed by atoms with E-state index in [-0.39, 0.29) is 5.69 Å². The Kier molecular flexibility index (Phi) is 4.54. The normalized spacial score (nSPS) is 11.0. The number of aromatic nitrogens is 3. The maximum absolute atomic E-state index is 11.8. The molecule has 0 fully saturated rings. The molecule has 0 spiro atoms. The molecule has 0 aliphatic heterocycles. The van der Waals surface area contributed by atoms with E-state index in [1.807, 2.05) is 81.2 Å². The zero-order valence-electron chi connectivity index (χ0n) is 16.8. The van der Waals surface area contributed by atoms with Gasteiger partial charge in [-0.15, -0.1) is 0 Å². The maximum Gasteiger partial charge on any atom is 0.354 e. The highest BCUT2D eigenvalue weighted by molar-refractivity contribution is 5.91. The number of hydrogen-bond donors (Lipinski definition) is 1. The lowest BCUT2D eigenvalue weighted by Crippen LogP contribution is -2.16. The highest BCUT2D eigenvalue weighted by Crippen LogP contribution is 2.35. The number of benzene rings is 2. The lowest BCUT2D eigenvalue weighted by Gasteiger charge is -2.20. The van der Waals surface area contributed by atoms with Crippen molar-refractivity contribution in [3.8, 4) is 11.1 Å². The van der Waals surface area contributed by atoms with Gasteiger partial charge in [-0.1, -0.05) is 36.4 Å². The average molecular weight is 386 g/mol.